The molecule has 0 unspecified atom stereocenters. The molecule has 1 aliphatic carbocycles. The molecular weight excluding hydrogens is 893 g/mol. The average Bonchev–Trinajstić information content (AvgIpc) is 4.09. The summed E-state index contributed by atoms with van der Waals surface area (Å²) in [6.07, 6.45) is 8.86. The van der Waals surface area contributed by atoms with E-state index in [0.29, 0.717) is 78.8 Å². The van der Waals surface area contributed by atoms with Crippen LogP contribution in [0.5, 0.6) is 0 Å². The second-order valence-corrected chi connectivity index (χ2v) is 17.8. The number of fused-ring (bicyclic) bond motifs is 2. The van der Waals surface area contributed by atoms with Crippen molar-refractivity contribution in [3.8, 4) is 0 Å². The lowest BCUT2D eigenvalue weighted by Crippen LogP contribution is -2.56. The lowest BCUT2D eigenvalue weighted by Gasteiger charge is -2.32. The van der Waals surface area contributed by atoms with Crippen LogP contribution in [0, 0.1) is 0 Å². The van der Waals surface area contributed by atoms with Crippen molar-refractivity contribution in [1.29, 1.82) is 0 Å². The number of aliphatic carboxylic acids is 1. The molecule has 1 aromatic heterocycles. The Kier molecular flexibility index (Phi) is 16.8. The van der Waals surface area contributed by atoms with Gasteiger partial charge in [-0.15, -0.1) is 0 Å². The lowest BCUT2D eigenvalue weighted by molar-refractivity contribution is -0.144. The molecule has 4 aliphatic rings. The van der Waals surface area contributed by atoms with Gasteiger partial charge in [-0.25, -0.2) is 4.99 Å². The maximum atomic E-state index is 14.0. The Hall–Kier alpha value is -7.29. The number of hydrogen-bond acceptors (Lipinski definition) is 13. The number of carboxylic acids is 1. The van der Waals surface area contributed by atoms with Crippen LogP contribution >= 0.6 is 0 Å². The van der Waals surface area contributed by atoms with Crippen LogP contribution in [-0.4, -0.2) is 140 Å². The average molecular weight is 953 g/mol. The van der Waals surface area contributed by atoms with Gasteiger partial charge >= 0.3 is 5.97 Å². The van der Waals surface area contributed by atoms with Crippen LogP contribution in [0.25, 0.3) is 6.08 Å². The van der Waals surface area contributed by atoms with Gasteiger partial charge in [0.25, 0.3) is 11.8 Å². The summed E-state index contributed by atoms with van der Waals surface area (Å²) in [4.78, 5) is 128. The van der Waals surface area contributed by atoms with Crippen LogP contribution in [0.15, 0.2) is 53.2 Å². The zero-order valence-electron chi connectivity index (χ0n) is 39.0. The van der Waals surface area contributed by atoms with Gasteiger partial charge in [0.05, 0.1) is 36.0 Å². The third kappa shape index (κ3) is 12.8. The summed E-state index contributed by atoms with van der Waals surface area (Å²) in [7, 11) is 0. The van der Waals surface area contributed by atoms with Gasteiger partial charge in [-0.2, -0.15) is 0 Å². The van der Waals surface area contributed by atoms with Crippen molar-refractivity contribution in [1.82, 2.24) is 35.6 Å². The first-order valence-electron chi connectivity index (χ1n) is 23.2. The number of aliphatic imine (C=N–C) groups is 1. The Balaban J connectivity index is 1.02. The fraction of sp³-hybridized carbons (Fsp3) is 0.479. The highest BCUT2D eigenvalue weighted by atomic mass is 16.4. The molecule has 3 atom stereocenters. The van der Waals surface area contributed by atoms with Crippen molar-refractivity contribution in [3.63, 3.8) is 0 Å². The van der Waals surface area contributed by atoms with E-state index in [4.69, 9.17) is 5.73 Å². The number of nitrogens with one attached hydrogen (secondary N) is 4. The number of amidine groups is 1. The van der Waals surface area contributed by atoms with E-state index >= 15 is 0 Å². The zero-order valence-corrected chi connectivity index (χ0v) is 39.0. The Morgan fingerprint density at radius 1 is 0.928 bits per heavy atom. The smallest absolute Gasteiger partial charge is 0.305 e. The van der Waals surface area contributed by atoms with E-state index in [1.807, 2.05) is 25.1 Å². The molecule has 8 N–H and O–H groups in total. The number of anilines is 1. The highest BCUT2D eigenvalue weighted by molar-refractivity contribution is 6.13. The predicted octanol–water partition coefficient (Wildman–Crippen LogP) is 1.10. The number of aliphatic hydroxyl groups is 1. The molecule has 368 valence electrons. The first-order chi connectivity index (χ1) is 32.9. The second kappa shape index (κ2) is 22.7. The van der Waals surface area contributed by atoms with Crippen LogP contribution < -0.4 is 27.0 Å². The number of carboxylic acid groups (broad SMARTS) is 1. The first-order valence-corrected chi connectivity index (χ1v) is 23.2. The number of hydrogen-bond donors (Lipinski definition) is 7. The Bertz CT molecular complexity index is 2460. The Labute approximate surface area is 399 Å². The molecule has 3 aliphatic heterocycles. The molecule has 2 aromatic rings. The second-order valence-electron chi connectivity index (χ2n) is 17.8. The molecule has 4 heterocycles. The molecule has 1 saturated carbocycles. The quantitative estimate of drug-likeness (QED) is 0.0644. The number of aromatic nitrogens is 1. The first kappa shape index (κ1) is 51.1. The summed E-state index contributed by atoms with van der Waals surface area (Å²) in [6, 6.07) is 3.45. The highest BCUT2D eigenvalue weighted by Gasteiger charge is 2.51. The van der Waals surface area contributed by atoms with Crippen LogP contribution in [0.2, 0.25) is 0 Å². The van der Waals surface area contributed by atoms with Crippen molar-refractivity contribution in [3.05, 3.63) is 70.6 Å². The van der Waals surface area contributed by atoms with Gasteiger partial charge in [0.1, 0.15) is 24.0 Å². The molecule has 1 aromatic carbocycles. The SMILES string of the molecule is CCCN(CCO)C(=O)C1=Cc2ccc(C3(C(=O)Nc4cnc5c(c4)CN(C(=O)[C@H](CC(=O)O)NC(=O)[C@H](C)NC(=O)[C@H](C)NC(=O)CCCCCN4C(=O)C=CC4=O)CC5)CC3)cc2N=C(N)C1. The lowest BCUT2D eigenvalue weighted by atomic mass is 9.92. The number of aliphatic hydroxyl groups excluding tert-OH is 1. The molecule has 1 fully saturated rings. The number of carbonyl (C=O) groups is 9. The summed E-state index contributed by atoms with van der Waals surface area (Å²) in [6.45, 7) is 5.68. The van der Waals surface area contributed by atoms with Crippen molar-refractivity contribution in [2.45, 2.75) is 115 Å². The standard InChI is InChI=1S/C48H60N10O11/c1-4-16-56(19-20-59)45(67)31-21-30-9-10-33(24-36(30)54-38(49)23-31)48(14-15-48)47(69)53-34-22-32-27-57(18-13-35(32)50-26-34)46(68)37(25-42(63)64)55-44(66)29(3)52-43(65)28(2)51-39(60)8-6-5-7-17-58-40(61)11-12-41(58)62/h9-12,21-22,24,26,28-29,37,59H,4-8,13-20,23,25,27H2,1-3H3,(H2,49,54)(H,51,60)(H,52,65)(H,53,69)(H,55,66)(H,63,64)/t28-,29-,37-/m0/s1. The number of amides is 8. The molecule has 0 bridgehead atoms. The van der Waals surface area contributed by atoms with E-state index in [1.54, 1.807) is 17.0 Å². The molecule has 21 heteroatoms. The van der Waals surface area contributed by atoms with Crippen LogP contribution in [0.4, 0.5) is 11.4 Å². The minimum absolute atomic E-state index is 0.0131. The molecule has 8 amide bonds. The number of carbonyl (C=O) groups excluding carboxylic acids is 8. The van der Waals surface area contributed by atoms with Gasteiger partial charge in [0.2, 0.25) is 35.4 Å². The van der Waals surface area contributed by atoms with Gasteiger partial charge < -0.3 is 47.0 Å². The van der Waals surface area contributed by atoms with E-state index in [1.165, 1.54) is 37.1 Å². The number of nitrogens with zero attached hydrogens (tertiary/aromatic N) is 5. The van der Waals surface area contributed by atoms with Crippen LogP contribution in [0.1, 0.15) is 101 Å². The summed E-state index contributed by atoms with van der Waals surface area (Å²) >= 11 is 0. The van der Waals surface area contributed by atoms with Crippen molar-refractivity contribution in [2.75, 3.05) is 38.1 Å². The fourth-order valence-electron chi connectivity index (χ4n) is 8.50. The minimum Gasteiger partial charge on any atom is -0.481 e. The van der Waals surface area contributed by atoms with Crippen LogP contribution in [-0.2, 0) is 61.5 Å². The number of nitrogens with two attached hydrogens (primary N) is 1. The summed E-state index contributed by atoms with van der Waals surface area (Å²) in [5.74, 6) is -4.94. The molecular formula is C48H60N10O11. The molecule has 0 radical (unpaired) electrons. The maximum Gasteiger partial charge on any atom is 0.305 e. The van der Waals surface area contributed by atoms with Crippen molar-refractivity contribution in [2.24, 2.45) is 10.7 Å². The van der Waals surface area contributed by atoms with Gasteiger partial charge in [-0.1, -0.05) is 25.5 Å². The maximum absolute atomic E-state index is 14.0. The molecule has 69 heavy (non-hydrogen) atoms. The number of unbranched alkanes of at least 4 members (excludes halogenated alkanes) is 2. The predicted molar refractivity (Wildman–Crippen MR) is 251 cm³/mol. The largest absolute Gasteiger partial charge is 0.481 e. The third-order valence-corrected chi connectivity index (χ3v) is 12.5. The van der Waals surface area contributed by atoms with E-state index in [0.717, 1.165) is 16.9 Å². The van der Waals surface area contributed by atoms with Gasteiger partial charge in [-0.3, -0.25) is 53.0 Å². The van der Waals surface area contributed by atoms with Gasteiger partial charge in [-0.05, 0) is 75.3 Å². The van der Waals surface area contributed by atoms with E-state index in [2.05, 4.69) is 31.2 Å². The number of rotatable bonds is 22. The molecule has 0 spiro atoms. The summed E-state index contributed by atoms with van der Waals surface area (Å²) in [5, 5.41) is 29.7. The third-order valence-electron chi connectivity index (χ3n) is 12.5. The Morgan fingerprint density at radius 3 is 2.32 bits per heavy atom. The zero-order chi connectivity index (χ0) is 50.0. The van der Waals surface area contributed by atoms with Gasteiger partial charge in [0, 0.05) is 81.0 Å². The normalized spacial score (nSPS) is 16.9. The van der Waals surface area contributed by atoms with E-state index < -0.39 is 59.6 Å². The highest BCUT2D eigenvalue weighted by Crippen LogP contribution is 2.50. The van der Waals surface area contributed by atoms with Crippen molar-refractivity contribution >= 4 is 76.5 Å². The fourth-order valence-corrected chi connectivity index (χ4v) is 8.50. The topological polar surface area (TPSA) is 303 Å². The van der Waals surface area contributed by atoms with E-state index in [9.17, 15) is 53.4 Å². The number of benzene rings is 1. The molecule has 21 nitrogen and oxygen atoms in total. The van der Waals surface area contributed by atoms with Crippen LogP contribution in [0.3, 0.4) is 0 Å². The summed E-state index contributed by atoms with van der Waals surface area (Å²) in [5.41, 5.74) is 9.47. The number of imide groups is 1. The van der Waals surface area contributed by atoms with E-state index in [-0.39, 0.29) is 75.1 Å². The monoisotopic (exact) mass is 952 g/mol. The Morgan fingerprint density at radius 2 is 1.64 bits per heavy atom. The summed E-state index contributed by atoms with van der Waals surface area (Å²) < 4.78 is 0. The molecule has 6 rings (SSSR count). The number of pyridine rings is 1. The molecule has 0 saturated heterocycles. The van der Waals surface area contributed by atoms with Gasteiger partial charge in [0.15, 0.2) is 0 Å². The van der Waals surface area contributed by atoms with Crippen molar-refractivity contribution < 1.29 is 53.4 Å². The minimum atomic E-state index is -1.48.